The van der Waals surface area contributed by atoms with Crippen molar-refractivity contribution >= 4 is 5.82 Å². The summed E-state index contributed by atoms with van der Waals surface area (Å²) in [4.78, 5) is 4.23. The van der Waals surface area contributed by atoms with Gasteiger partial charge < -0.3 is 10.1 Å². The Morgan fingerprint density at radius 2 is 2.14 bits per heavy atom. The monoisotopic (exact) mass is 194 g/mol. The molecule has 2 atom stereocenters. The molecule has 1 N–H and O–H groups in total. The van der Waals surface area contributed by atoms with Crippen LogP contribution >= 0.6 is 0 Å². The van der Waals surface area contributed by atoms with E-state index in [1.807, 2.05) is 25.3 Å². The van der Waals surface area contributed by atoms with E-state index in [9.17, 15) is 0 Å². The fourth-order valence-electron chi connectivity index (χ4n) is 1.17. The lowest BCUT2D eigenvalue weighted by atomic mass is 10.2. The number of pyridine rings is 1. The molecule has 14 heavy (non-hydrogen) atoms. The zero-order chi connectivity index (χ0) is 10.6. The largest absolute Gasteiger partial charge is 0.380 e. The molecule has 0 saturated carbocycles. The van der Waals surface area contributed by atoms with Crippen LogP contribution in [0.25, 0.3) is 0 Å². The van der Waals surface area contributed by atoms with Gasteiger partial charge in [0.05, 0.1) is 12.1 Å². The molecule has 0 saturated heterocycles. The van der Waals surface area contributed by atoms with Gasteiger partial charge in [-0.25, -0.2) is 4.98 Å². The van der Waals surface area contributed by atoms with Gasteiger partial charge in [-0.2, -0.15) is 0 Å². The Morgan fingerprint density at radius 1 is 1.43 bits per heavy atom. The van der Waals surface area contributed by atoms with E-state index >= 15 is 0 Å². The summed E-state index contributed by atoms with van der Waals surface area (Å²) in [6, 6.07) is 4.27. The maximum atomic E-state index is 5.22. The molecule has 1 aromatic heterocycles. The van der Waals surface area contributed by atoms with Crippen molar-refractivity contribution in [1.29, 1.82) is 0 Å². The van der Waals surface area contributed by atoms with Crippen LogP contribution in [0, 0.1) is 6.92 Å². The Bertz CT molecular complexity index is 288. The smallest absolute Gasteiger partial charge is 0.126 e. The normalized spacial score (nSPS) is 14.9. The van der Waals surface area contributed by atoms with Crippen LogP contribution in [0.1, 0.15) is 19.4 Å². The molecule has 0 aliphatic rings. The number of rotatable bonds is 4. The van der Waals surface area contributed by atoms with Crippen molar-refractivity contribution in [3.05, 3.63) is 23.9 Å². The molecule has 0 aliphatic heterocycles. The van der Waals surface area contributed by atoms with Gasteiger partial charge in [0.2, 0.25) is 0 Å². The first-order chi connectivity index (χ1) is 6.63. The number of aromatic nitrogens is 1. The molecule has 1 heterocycles. The molecule has 0 radical (unpaired) electrons. The van der Waals surface area contributed by atoms with Crippen LogP contribution in [0.3, 0.4) is 0 Å². The second kappa shape index (κ2) is 4.96. The zero-order valence-electron chi connectivity index (χ0n) is 9.24. The molecular formula is C11H18N2O. The Labute approximate surface area is 85.5 Å². The lowest BCUT2D eigenvalue weighted by molar-refractivity contribution is 0.106. The quantitative estimate of drug-likeness (QED) is 0.798. The highest BCUT2D eigenvalue weighted by molar-refractivity contribution is 5.38. The van der Waals surface area contributed by atoms with Crippen LogP contribution in [0.2, 0.25) is 0 Å². The van der Waals surface area contributed by atoms with E-state index in [0.29, 0.717) is 0 Å². The fourth-order valence-corrected chi connectivity index (χ4v) is 1.17. The number of nitrogens with one attached hydrogen (secondary N) is 1. The predicted octanol–water partition coefficient (Wildman–Crippen LogP) is 2.23. The summed E-state index contributed by atoms with van der Waals surface area (Å²) in [6.07, 6.45) is 1.99. The lowest BCUT2D eigenvalue weighted by Gasteiger charge is -2.20. The molecule has 0 aromatic carbocycles. The van der Waals surface area contributed by atoms with Gasteiger partial charge in [0.1, 0.15) is 5.82 Å². The molecule has 0 aliphatic carbocycles. The first-order valence-electron chi connectivity index (χ1n) is 4.85. The predicted molar refractivity (Wildman–Crippen MR) is 58.5 cm³/mol. The third kappa shape index (κ3) is 3.00. The summed E-state index contributed by atoms with van der Waals surface area (Å²) in [5.74, 6) is 0.904. The summed E-state index contributed by atoms with van der Waals surface area (Å²) in [5.41, 5.74) is 1.21. The van der Waals surface area contributed by atoms with Gasteiger partial charge in [0, 0.05) is 13.3 Å². The number of ether oxygens (including phenoxy) is 1. The third-order valence-corrected chi connectivity index (χ3v) is 2.37. The van der Waals surface area contributed by atoms with Crippen LogP contribution in [0.15, 0.2) is 18.3 Å². The van der Waals surface area contributed by atoms with Crippen LogP contribution in [-0.4, -0.2) is 24.2 Å². The summed E-state index contributed by atoms with van der Waals surface area (Å²) >= 11 is 0. The molecule has 1 rings (SSSR count). The second-order valence-corrected chi connectivity index (χ2v) is 3.59. The standard InChI is InChI=1S/C11H18N2O/c1-8-5-6-12-11(7-8)13-9(2)10(3)14-4/h5-7,9-10H,1-4H3,(H,12,13)/t9-,10?/m0/s1. The molecule has 0 fully saturated rings. The molecular weight excluding hydrogens is 176 g/mol. The number of hydrogen-bond acceptors (Lipinski definition) is 3. The average Bonchev–Trinajstić information content (AvgIpc) is 2.16. The van der Waals surface area contributed by atoms with Gasteiger partial charge in [-0.05, 0) is 38.5 Å². The van der Waals surface area contributed by atoms with E-state index in [0.717, 1.165) is 5.82 Å². The molecule has 78 valence electrons. The van der Waals surface area contributed by atoms with Crippen molar-refractivity contribution in [2.24, 2.45) is 0 Å². The van der Waals surface area contributed by atoms with Crippen molar-refractivity contribution in [2.45, 2.75) is 32.9 Å². The van der Waals surface area contributed by atoms with Crippen molar-refractivity contribution in [2.75, 3.05) is 12.4 Å². The van der Waals surface area contributed by atoms with E-state index in [4.69, 9.17) is 4.74 Å². The molecule has 0 amide bonds. The van der Waals surface area contributed by atoms with Crippen LogP contribution in [-0.2, 0) is 4.74 Å². The fraction of sp³-hybridized carbons (Fsp3) is 0.545. The van der Waals surface area contributed by atoms with Gasteiger partial charge in [-0.3, -0.25) is 0 Å². The van der Waals surface area contributed by atoms with Crippen LogP contribution in [0.4, 0.5) is 5.82 Å². The zero-order valence-corrected chi connectivity index (χ0v) is 9.24. The number of nitrogens with zero attached hydrogens (tertiary/aromatic N) is 1. The Kier molecular flexibility index (Phi) is 3.89. The summed E-state index contributed by atoms with van der Waals surface area (Å²) in [6.45, 7) is 6.17. The minimum Gasteiger partial charge on any atom is -0.380 e. The molecule has 1 unspecified atom stereocenters. The first-order valence-corrected chi connectivity index (χ1v) is 4.85. The number of aryl methyl sites for hydroxylation is 1. The SMILES string of the molecule is COC(C)[C@H](C)Nc1cc(C)ccn1. The van der Waals surface area contributed by atoms with Crippen molar-refractivity contribution < 1.29 is 4.74 Å². The highest BCUT2D eigenvalue weighted by Gasteiger charge is 2.10. The molecule has 3 heteroatoms. The lowest BCUT2D eigenvalue weighted by Crippen LogP contribution is -2.30. The highest BCUT2D eigenvalue weighted by Crippen LogP contribution is 2.09. The van der Waals surface area contributed by atoms with Gasteiger partial charge >= 0.3 is 0 Å². The Morgan fingerprint density at radius 3 is 2.71 bits per heavy atom. The number of anilines is 1. The summed E-state index contributed by atoms with van der Waals surface area (Å²) in [5, 5.41) is 3.30. The maximum Gasteiger partial charge on any atom is 0.126 e. The molecule has 0 spiro atoms. The van der Waals surface area contributed by atoms with E-state index in [2.05, 4.69) is 24.1 Å². The van der Waals surface area contributed by atoms with Gasteiger partial charge in [-0.15, -0.1) is 0 Å². The van der Waals surface area contributed by atoms with Gasteiger partial charge in [0.25, 0.3) is 0 Å². The maximum absolute atomic E-state index is 5.22. The minimum absolute atomic E-state index is 0.178. The molecule has 3 nitrogen and oxygen atoms in total. The van der Waals surface area contributed by atoms with Gasteiger partial charge in [-0.1, -0.05) is 0 Å². The van der Waals surface area contributed by atoms with Gasteiger partial charge in [0.15, 0.2) is 0 Å². The van der Waals surface area contributed by atoms with Crippen molar-refractivity contribution in [3.63, 3.8) is 0 Å². The summed E-state index contributed by atoms with van der Waals surface area (Å²) in [7, 11) is 1.71. The third-order valence-electron chi connectivity index (χ3n) is 2.37. The Hall–Kier alpha value is -1.09. The summed E-state index contributed by atoms with van der Waals surface area (Å²) < 4.78 is 5.22. The molecule has 1 aromatic rings. The van der Waals surface area contributed by atoms with Crippen LogP contribution in [0.5, 0.6) is 0 Å². The molecule has 0 bridgehead atoms. The van der Waals surface area contributed by atoms with Crippen molar-refractivity contribution in [1.82, 2.24) is 4.98 Å². The first kappa shape index (κ1) is 11.0. The van der Waals surface area contributed by atoms with Crippen LogP contribution < -0.4 is 5.32 Å². The highest BCUT2D eigenvalue weighted by atomic mass is 16.5. The Balaban J connectivity index is 2.60. The average molecular weight is 194 g/mol. The van der Waals surface area contributed by atoms with E-state index in [1.165, 1.54) is 5.56 Å². The topological polar surface area (TPSA) is 34.1 Å². The van der Waals surface area contributed by atoms with E-state index < -0.39 is 0 Å². The van der Waals surface area contributed by atoms with E-state index in [1.54, 1.807) is 7.11 Å². The van der Waals surface area contributed by atoms with E-state index in [-0.39, 0.29) is 12.1 Å². The number of methoxy groups -OCH3 is 1. The van der Waals surface area contributed by atoms with Crippen molar-refractivity contribution in [3.8, 4) is 0 Å². The second-order valence-electron chi connectivity index (χ2n) is 3.59. The minimum atomic E-state index is 0.178. The number of hydrogen-bond donors (Lipinski definition) is 1.